The first kappa shape index (κ1) is 53.9. The van der Waals surface area contributed by atoms with Gasteiger partial charge in [0.05, 0.1) is 6.61 Å². The average molecular weight is 785 g/mol. The molecule has 0 aliphatic heterocycles. The Morgan fingerprint density at radius 1 is 0.429 bits per heavy atom. The fourth-order valence-electron chi connectivity index (χ4n) is 7.02. The van der Waals surface area contributed by atoms with Crippen molar-refractivity contribution in [3.8, 4) is 0 Å². The van der Waals surface area contributed by atoms with Gasteiger partial charge in [-0.1, -0.05) is 229 Å². The van der Waals surface area contributed by atoms with Gasteiger partial charge in [-0.15, -0.1) is 0 Å². The molecule has 5 heteroatoms. The van der Waals surface area contributed by atoms with Gasteiger partial charge in [-0.25, -0.2) is 0 Å². The molecule has 0 aromatic rings. The number of aliphatic hydroxyl groups excluding tert-OH is 1. The SMILES string of the molecule is CC/C=C\C/C=C\C/C=C\C/C=C\CCCCCCCCC(=O)OC(CO)COC(=O)CCCCCCCCCCCCCCCCCCCCCCCCC. The summed E-state index contributed by atoms with van der Waals surface area (Å²) in [5.74, 6) is -0.598. The molecule has 0 amide bonds. The van der Waals surface area contributed by atoms with Crippen LogP contribution in [-0.2, 0) is 19.1 Å². The number of unbranched alkanes of at least 4 members (excludes halogenated alkanes) is 28. The zero-order chi connectivity index (χ0) is 40.7. The molecule has 0 rings (SSSR count). The summed E-state index contributed by atoms with van der Waals surface area (Å²) in [5.41, 5.74) is 0. The molecule has 56 heavy (non-hydrogen) atoms. The van der Waals surface area contributed by atoms with Crippen LogP contribution in [0.1, 0.15) is 245 Å². The maximum absolute atomic E-state index is 12.2. The highest BCUT2D eigenvalue weighted by molar-refractivity contribution is 5.70. The van der Waals surface area contributed by atoms with Crippen molar-refractivity contribution in [2.45, 2.75) is 251 Å². The van der Waals surface area contributed by atoms with E-state index in [9.17, 15) is 14.7 Å². The van der Waals surface area contributed by atoms with Crippen LogP contribution in [0.4, 0.5) is 0 Å². The van der Waals surface area contributed by atoms with Crippen molar-refractivity contribution in [1.29, 1.82) is 0 Å². The summed E-state index contributed by atoms with van der Waals surface area (Å²) in [6, 6.07) is 0. The highest BCUT2D eigenvalue weighted by Crippen LogP contribution is 2.16. The third kappa shape index (κ3) is 44.6. The highest BCUT2D eigenvalue weighted by Gasteiger charge is 2.16. The molecule has 1 atom stereocenters. The van der Waals surface area contributed by atoms with Crippen molar-refractivity contribution in [3.05, 3.63) is 48.6 Å². The highest BCUT2D eigenvalue weighted by atomic mass is 16.6. The zero-order valence-corrected chi connectivity index (χ0v) is 37.1. The normalized spacial score (nSPS) is 12.6. The van der Waals surface area contributed by atoms with Crippen molar-refractivity contribution in [3.63, 3.8) is 0 Å². The summed E-state index contributed by atoms with van der Waals surface area (Å²) >= 11 is 0. The number of rotatable bonds is 44. The second kappa shape index (κ2) is 47.2. The topological polar surface area (TPSA) is 72.8 Å². The van der Waals surface area contributed by atoms with E-state index >= 15 is 0 Å². The fraction of sp³-hybridized carbons (Fsp3) is 0.804. The molecule has 0 aliphatic carbocycles. The largest absolute Gasteiger partial charge is 0.462 e. The summed E-state index contributed by atoms with van der Waals surface area (Å²) < 4.78 is 10.7. The monoisotopic (exact) mass is 785 g/mol. The van der Waals surface area contributed by atoms with E-state index < -0.39 is 6.10 Å². The molecule has 0 fully saturated rings. The van der Waals surface area contributed by atoms with Crippen molar-refractivity contribution in [2.24, 2.45) is 0 Å². The Balaban J connectivity index is 3.50. The first-order valence-electron chi connectivity index (χ1n) is 24.2. The van der Waals surface area contributed by atoms with Crippen LogP contribution in [0.2, 0.25) is 0 Å². The van der Waals surface area contributed by atoms with Gasteiger partial charge in [0.1, 0.15) is 6.61 Å². The molecular weight excluding hydrogens is 693 g/mol. The Kier molecular flexibility index (Phi) is 45.4. The van der Waals surface area contributed by atoms with E-state index in [0.29, 0.717) is 12.8 Å². The Labute approximate surface area is 348 Å². The molecule has 0 aromatic heterocycles. The van der Waals surface area contributed by atoms with E-state index in [0.717, 1.165) is 70.6 Å². The smallest absolute Gasteiger partial charge is 0.306 e. The van der Waals surface area contributed by atoms with E-state index in [-0.39, 0.29) is 25.2 Å². The lowest BCUT2D eigenvalue weighted by molar-refractivity contribution is -0.161. The molecule has 0 aliphatic rings. The van der Waals surface area contributed by atoms with E-state index in [2.05, 4.69) is 62.5 Å². The van der Waals surface area contributed by atoms with E-state index in [1.165, 1.54) is 148 Å². The Morgan fingerprint density at radius 3 is 1.16 bits per heavy atom. The molecule has 1 N–H and O–H groups in total. The molecule has 0 radical (unpaired) electrons. The summed E-state index contributed by atoms with van der Waals surface area (Å²) in [5, 5.41) is 9.61. The van der Waals surface area contributed by atoms with Crippen LogP contribution in [0, 0.1) is 0 Å². The Morgan fingerprint density at radius 2 is 0.768 bits per heavy atom. The fourth-order valence-corrected chi connectivity index (χ4v) is 7.02. The lowest BCUT2D eigenvalue weighted by Crippen LogP contribution is -2.28. The van der Waals surface area contributed by atoms with Crippen molar-refractivity contribution >= 4 is 11.9 Å². The maximum Gasteiger partial charge on any atom is 0.306 e. The number of carbonyl (C=O) groups excluding carboxylic acids is 2. The lowest BCUT2D eigenvalue weighted by atomic mass is 10.0. The van der Waals surface area contributed by atoms with Gasteiger partial charge in [-0.2, -0.15) is 0 Å². The molecule has 0 spiro atoms. The van der Waals surface area contributed by atoms with Gasteiger partial charge in [0.25, 0.3) is 0 Å². The Bertz CT molecular complexity index is 935. The molecule has 326 valence electrons. The molecular formula is C51H92O5. The van der Waals surface area contributed by atoms with Gasteiger partial charge in [0.2, 0.25) is 0 Å². The number of hydrogen-bond acceptors (Lipinski definition) is 5. The quantitative estimate of drug-likeness (QED) is 0.0378. The van der Waals surface area contributed by atoms with E-state index in [1.54, 1.807) is 0 Å². The second-order valence-corrected chi connectivity index (χ2v) is 16.2. The van der Waals surface area contributed by atoms with Crippen LogP contribution in [0.5, 0.6) is 0 Å². The molecule has 0 aromatic carbocycles. The molecule has 0 saturated heterocycles. The van der Waals surface area contributed by atoms with Crippen molar-refractivity contribution < 1.29 is 24.2 Å². The van der Waals surface area contributed by atoms with Crippen LogP contribution < -0.4 is 0 Å². The number of carbonyl (C=O) groups is 2. The van der Waals surface area contributed by atoms with Crippen LogP contribution >= 0.6 is 0 Å². The number of hydrogen-bond donors (Lipinski definition) is 1. The summed E-state index contributed by atoms with van der Waals surface area (Å²) in [6.07, 6.45) is 60.6. The van der Waals surface area contributed by atoms with Gasteiger partial charge in [0, 0.05) is 12.8 Å². The first-order valence-corrected chi connectivity index (χ1v) is 24.2. The van der Waals surface area contributed by atoms with Crippen LogP contribution in [-0.4, -0.2) is 36.4 Å². The average Bonchev–Trinajstić information content (AvgIpc) is 3.20. The van der Waals surface area contributed by atoms with Crippen LogP contribution in [0.25, 0.3) is 0 Å². The summed E-state index contributed by atoms with van der Waals surface area (Å²) in [6.45, 7) is 4.04. The minimum absolute atomic E-state index is 0.0697. The van der Waals surface area contributed by atoms with Gasteiger partial charge in [-0.3, -0.25) is 9.59 Å². The molecule has 1 unspecified atom stereocenters. The predicted octanol–water partition coefficient (Wildman–Crippen LogP) is 15.7. The number of esters is 2. The number of ether oxygens (including phenoxy) is 2. The molecule has 0 bridgehead atoms. The second-order valence-electron chi connectivity index (χ2n) is 16.2. The van der Waals surface area contributed by atoms with E-state index in [4.69, 9.17) is 9.47 Å². The number of aliphatic hydroxyl groups is 1. The minimum Gasteiger partial charge on any atom is -0.462 e. The molecule has 5 nitrogen and oxygen atoms in total. The maximum atomic E-state index is 12.2. The third-order valence-corrected chi connectivity index (χ3v) is 10.6. The van der Waals surface area contributed by atoms with Gasteiger partial charge < -0.3 is 14.6 Å². The van der Waals surface area contributed by atoms with E-state index in [1.807, 2.05) is 0 Å². The van der Waals surface area contributed by atoms with Crippen LogP contribution in [0.3, 0.4) is 0 Å². The van der Waals surface area contributed by atoms with Crippen molar-refractivity contribution in [1.82, 2.24) is 0 Å². The van der Waals surface area contributed by atoms with Crippen LogP contribution in [0.15, 0.2) is 48.6 Å². The Hall–Kier alpha value is -2.14. The standard InChI is InChI=1S/C51H92O5/c1-3-5-7-9-11-13-15-17-19-21-23-24-25-26-28-29-31-33-35-37-39-41-43-45-50(53)55-48-49(47-52)56-51(54)46-44-42-40-38-36-34-32-30-27-22-20-18-16-14-12-10-8-6-4-2/h6,8,12,14,18,20,27,30,49,52H,3-5,7,9-11,13,15-17,19,21-26,28-29,31-48H2,1-2H3/b8-6-,14-12-,20-18-,30-27-. The zero-order valence-electron chi connectivity index (χ0n) is 37.1. The van der Waals surface area contributed by atoms with Gasteiger partial charge >= 0.3 is 11.9 Å². The summed E-state index contributed by atoms with van der Waals surface area (Å²) in [7, 11) is 0. The lowest BCUT2D eigenvalue weighted by Gasteiger charge is -2.15. The third-order valence-electron chi connectivity index (χ3n) is 10.6. The minimum atomic E-state index is -0.779. The molecule has 0 saturated carbocycles. The van der Waals surface area contributed by atoms with Gasteiger partial charge in [0.15, 0.2) is 6.10 Å². The van der Waals surface area contributed by atoms with Crippen molar-refractivity contribution in [2.75, 3.05) is 13.2 Å². The van der Waals surface area contributed by atoms with Gasteiger partial charge in [-0.05, 0) is 51.4 Å². The number of allylic oxidation sites excluding steroid dienone is 8. The molecule has 0 heterocycles. The first-order chi connectivity index (χ1) is 27.6. The summed E-state index contributed by atoms with van der Waals surface area (Å²) in [4.78, 5) is 24.4. The predicted molar refractivity (Wildman–Crippen MR) is 242 cm³/mol.